The van der Waals surface area contributed by atoms with E-state index in [1.165, 1.54) is 0 Å². The van der Waals surface area contributed by atoms with E-state index in [9.17, 15) is 4.79 Å². The normalized spacial score (nSPS) is 10.7. The smallest absolute Gasteiger partial charge is 0.251 e. The van der Waals surface area contributed by atoms with E-state index in [0.29, 0.717) is 31.0 Å². The highest BCUT2D eigenvalue weighted by Crippen LogP contribution is 2.20. The van der Waals surface area contributed by atoms with Crippen LogP contribution >= 0.6 is 0 Å². The molecule has 1 heterocycles. The third-order valence-corrected chi connectivity index (χ3v) is 5.38. The molecule has 0 saturated carbocycles. The van der Waals surface area contributed by atoms with Gasteiger partial charge in [0.1, 0.15) is 23.9 Å². The summed E-state index contributed by atoms with van der Waals surface area (Å²) in [5.41, 5.74) is 3.54. The van der Waals surface area contributed by atoms with Crippen molar-refractivity contribution in [2.45, 2.75) is 19.5 Å². The summed E-state index contributed by atoms with van der Waals surface area (Å²) < 4.78 is 13.4. The number of aromatic nitrogens is 2. The molecule has 6 nitrogen and oxygen atoms in total. The lowest BCUT2D eigenvalue weighted by molar-refractivity contribution is 0.0949. The fourth-order valence-corrected chi connectivity index (χ4v) is 3.75. The lowest BCUT2D eigenvalue weighted by Crippen LogP contribution is -2.25. The fourth-order valence-electron chi connectivity index (χ4n) is 3.75. The maximum atomic E-state index is 12.7. The molecule has 1 aromatic heterocycles. The van der Waals surface area contributed by atoms with Crippen molar-refractivity contribution in [1.29, 1.82) is 0 Å². The Morgan fingerprint density at radius 1 is 1.09 bits per heavy atom. The van der Waals surface area contributed by atoms with E-state index in [-0.39, 0.29) is 5.91 Å². The molecule has 4 rings (SSSR count). The molecule has 1 N–H and O–H groups in total. The molecule has 0 saturated heterocycles. The van der Waals surface area contributed by atoms with Gasteiger partial charge in [0.05, 0.1) is 31.2 Å². The molecule has 3 aromatic carbocycles. The van der Waals surface area contributed by atoms with Crippen molar-refractivity contribution in [3.63, 3.8) is 0 Å². The predicted molar refractivity (Wildman–Crippen MR) is 130 cm³/mol. The third-order valence-electron chi connectivity index (χ3n) is 5.38. The van der Waals surface area contributed by atoms with E-state index >= 15 is 0 Å². The quantitative estimate of drug-likeness (QED) is 0.360. The summed E-state index contributed by atoms with van der Waals surface area (Å²) in [6.07, 6.45) is 2.63. The molecule has 168 valence electrons. The zero-order valence-electron chi connectivity index (χ0n) is 18.7. The van der Waals surface area contributed by atoms with E-state index in [0.717, 1.165) is 34.6 Å². The Labute approximate surface area is 193 Å². The molecular formula is C27H27N3O3. The average Bonchev–Trinajstić information content (AvgIpc) is 3.21. The third kappa shape index (κ3) is 5.23. The molecule has 0 fully saturated rings. The van der Waals surface area contributed by atoms with Crippen molar-refractivity contribution in [1.82, 2.24) is 14.9 Å². The number of rotatable bonds is 10. The van der Waals surface area contributed by atoms with Crippen molar-refractivity contribution in [3.05, 3.63) is 102 Å². The van der Waals surface area contributed by atoms with Crippen molar-refractivity contribution in [2.75, 3.05) is 13.7 Å². The van der Waals surface area contributed by atoms with Gasteiger partial charge in [0.15, 0.2) is 0 Å². The molecule has 0 spiro atoms. The Kier molecular flexibility index (Phi) is 7.05. The van der Waals surface area contributed by atoms with Gasteiger partial charge in [-0.1, -0.05) is 42.5 Å². The molecular weight excluding hydrogens is 414 g/mol. The molecule has 0 aliphatic rings. The van der Waals surface area contributed by atoms with Crippen molar-refractivity contribution in [2.24, 2.45) is 0 Å². The predicted octanol–water partition coefficient (Wildman–Crippen LogP) is 4.78. The Balaban J connectivity index is 1.49. The molecule has 0 aliphatic carbocycles. The first-order valence-electron chi connectivity index (χ1n) is 10.9. The Hall–Kier alpha value is -4.06. The number of para-hydroxylation sites is 3. The Morgan fingerprint density at radius 2 is 1.91 bits per heavy atom. The van der Waals surface area contributed by atoms with Gasteiger partial charge in [0.2, 0.25) is 0 Å². The topological polar surface area (TPSA) is 65.4 Å². The van der Waals surface area contributed by atoms with Gasteiger partial charge in [0.25, 0.3) is 5.91 Å². The van der Waals surface area contributed by atoms with E-state index < -0.39 is 0 Å². The SMILES string of the molecule is C=CCc1ccccc1OCCn1c(CNC(=O)c2cccc(OC)c2)nc2ccccc21. The molecule has 0 radical (unpaired) electrons. The summed E-state index contributed by atoms with van der Waals surface area (Å²) in [5, 5.41) is 2.97. The number of fused-ring (bicyclic) bond motifs is 1. The summed E-state index contributed by atoms with van der Waals surface area (Å²) in [5.74, 6) is 2.09. The Morgan fingerprint density at radius 3 is 2.76 bits per heavy atom. The van der Waals surface area contributed by atoms with E-state index in [4.69, 9.17) is 14.5 Å². The first-order chi connectivity index (χ1) is 16.2. The van der Waals surface area contributed by atoms with Crippen LogP contribution in [0.15, 0.2) is 85.5 Å². The number of nitrogens with zero attached hydrogens (tertiary/aromatic N) is 2. The number of allylic oxidation sites excluding steroid dienone is 1. The van der Waals surface area contributed by atoms with Crippen LogP contribution in [0.2, 0.25) is 0 Å². The number of nitrogens with one attached hydrogen (secondary N) is 1. The number of carbonyl (C=O) groups excluding carboxylic acids is 1. The second-order valence-corrected chi connectivity index (χ2v) is 7.53. The van der Waals surface area contributed by atoms with Gasteiger partial charge < -0.3 is 19.4 Å². The van der Waals surface area contributed by atoms with Crippen LogP contribution in [0.4, 0.5) is 0 Å². The molecule has 6 heteroatoms. The van der Waals surface area contributed by atoms with Crippen molar-refractivity contribution in [3.8, 4) is 11.5 Å². The zero-order valence-corrected chi connectivity index (χ0v) is 18.7. The molecule has 4 aromatic rings. The summed E-state index contributed by atoms with van der Waals surface area (Å²) >= 11 is 0. The maximum absolute atomic E-state index is 12.7. The lowest BCUT2D eigenvalue weighted by Gasteiger charge is -2.13. The second-order valence-electron chi connectivity index (χ2n) is 7.53. The highest BCUT2D eigenvalue weighted by Gasteiger charge is 2.13. The standard InChI is InChI=1S/C27H27N3O3/c1-3-9-20-10-4-7-15-25(20)33-17-16-30-24-14-6-5-13-23(24)29-26(30)19-28-27(31)21-11-8-12-22(18-21)32-2/h3-8,10-15,18H,1,9,16-17,19H2,2H3,(H,28,31). The van der Waals surface area contributed by atoms with Crippen LogP contribution < -0.4 is 14.8 Å². The van der Waals surface area contributed by atoms with Crippen LogP contribution in [0.5, 0.6) is 11.5 Å². The molecule has 0 atom stereocenters. The van der Waals surface area contributed by atoms with Crippen molar-refractivity contribution >= 4 is 16.9 Å². The van der Waals surface area contributed by atoms with Crippen LogP contribution in [0.1, 0.15) is 21.7 Å². The lowest BCUT2D eigenvalue weighted by atomic mass is 10.1. The van der Waals surface area contributed by atoms with Gasteiger partial charge in [-0.3, -0.25) is 4.79 Å². The molecule has 0 bridgehead atoms. The van der Waals surface area contributed by atoms with E-state index in [1.54, 1.807) is 25.3 Å². The molecule has 0 aliphatic heterocycles. The second kappa shape index (κ2) is 10.5. The Bertz CT molecular complexity index is 1260. The largest absolute Gasteiger partial charge is 0.497 e. The molecule has 33 heavy (non-hydrogen) atoms. The van der Waals surface area contributed by atoms with Crippen LogP contribution in [0, 0.1) is 0 Å². The van der Waals surface area contributed by atoms with Gasteiger partial charge in [-0.15, -0.1) is 6.58 Å². The molecule has 0 unspecified atom stereocenters. The number of ether oxygens (including phenoxy) is 2. The van der Waals surface area contributed by atoms with Crippen LogP contribution in [-0.4, -0.2) is 29.2 Å². The summed E-state index contributed by atoms with van der Waals surface area (Å²) in [6, 6.07) is 23.0. The fraction of sp³-hybridized carbons (Fsp3) is 0.185. The summed E-state index contributed by atoms with van der Waals surface area (Å²) in [7, 11) is 1.58. The van der Waals surface area contributed by atoms with Gasteiger partial charge >= 0.3 is 0 Å². The first-order valence-corrected chi connectivity index (χ1v) is 10.9. The van der Waals surface area contributed by atoms with Crippen LogP contribution in [-0.2, 0) is 19.5 Å². The van der Waals surface area contributed by atoms with Crippen LogP contribution in [0.25, 0.3) is 11.0 Å². The zero-order chi connectivity index (χ0) is 23.0. The van der Waals surface area contributed by atoms with Gasteiger partial charge in [-0.25, -0.2) is 4.98 Å². The molecule has 1 amide bonds. The first kappa shape index (κ1) is 22.1. The number of benzene rings is 3. The van der Waals surface area contributed by atoms with Gasteiger partial charge in [-0.05, 0) is 48.4 Å². The van der Waals surface area contributed by atoms with Gasteiger partial charge in [-0.2, -0.15) is 0 Å². The average molecular weight is 442 g/mol. The van der Waals surface area contributed by atoms with E-state index in [1.807, 2.05) is 60.7 Å². The monoisotopic (exact) mass is 441 g/mol. The summed E-state index contributed by atoms with van der Waals surface area (Å²) in [6.45, 7) is 5.21. The maximum Gasteiger partial charge on any atom is 0.251 e. The van der Waals surface area contributed by atoms with E-state index in [2.05, 4.69) is 16.5 Å². The minimum atomic E-state index is -0.179. The summed E-state index contributed by atoms with van der Waals surface area (Å²) in [4.78, 5) is 17.4. The minimum absolute atomic E-state index is 0.179. The number of hydrogen-bond acceptors (Lipinski definition) is 4. The van der Waals surface area contributed by atoms with Gasteiger partial charge in [0, 0.05) is 5.56 Å². The highest BCUT2D eigenvalue weighted by molar-refractivity contribution is 5.94. The van der Waals surface area contributed by atoms with Crippen molar-refractivity contribution < 1.29 is 14.3 Å². The number of carbonyl (C=O) groups is 1. The highest BCUT2D eigenvalue weighted by atomic mass is 16.5. The minimum Gasteiger partial charge on any atom is -0.497 e. The van der Waals surface area contributed by atoms with Crippen LogP contribution in [0.3, 0.4) is 0 Å². The number of imidazole rings is 1. The number of methoxy groups -OCH3 is 1. The number of hydrogen-bond donors (Lipinski definition) is 1. The number of amides is 1.